The number of pyridine rings is 1. The molecule has 0 aliphatic rings. The molecule has 0 atom stereocenters. The van der Waals surface area contributed by atoms with E-state index < -0.39 is 5.97 Å². The summed E-state index contributed by atoms with van der Waals surface area (Å²) in [6.07, 6.45) is 3.14. The molecule has 0 bridgehead atoms. The molecule has 0 aromatic carbocycles. The zero-order valence-electron chi connectivity index (χ0n) is 8.30. The molecular formula is C10H11Cl2NO2. The predicted molar refractivity (Wildman–Crippen MR) is 59.4 cm³/mol. The summed E-state index contributed by atoms with van der Waals surface area (Å²) in [6, 6.07) is 1.40. The largest absolute Gasteiger partial charge is 0.462 e. The van der Waals surface area contributed by atoms with Gasteiger partial charge >= 0.3 is 5.97 Å². The second-order valence-electron chi connectivity index (χ2n) is 2.98. The number of hydrogen-bond acceptors (Lipinski definition) is 3. The molecule has 1 aromatic rings. The highest BCUT2D eigenvalue weighted by Crippen LogP contribution is 2.18. The van der Waals surface area contributed by atoms with Crippen LogP contribution in [0.15, 0.2) is 12.3 Å². The molecule has 0 saturated heterocycles. The zero-order chi connectivity index (χ0) is 11.3. The number of rotatable bonds is 4. The van der Waals surface area contributed by atoms with Gasteiger partial charge in [0.2, 0.25) is 0 Å². The fraction of sp³-hybridized carbons (Fsp3) is 0.400. The molecule has 1 aromatic heterocycles. The quantitative estimate of drug-likeness (QED) is 0.466. The molecule has 3 nitrogen and oxygen atoms in total. The van der Waals surface area contributed by atoms with Crippen LogP contribution in [0, 0.1) is 0 Å². The second kappa shape index (κ2) is 5.93. The topological polar surface area (TPSA) is 39.2 Å². The monoisotopic (exact) mass is 247 g/mol. The first-order chi connectivity index (χ1) is 7.15. The lowest BCUT2D eigenvalue weighted by Crippen LogP contribution is -2.07. The molecule has 1 rings (SSSR count). The minimum atomic E-state index is -0.460. The van der Waals surface area contributed by atoms with Crippen LogP contribution in [0.4, 0.5) is 0 Å². The van der Waals surface area contributed by atoms with Crippen molar-refractivity contribution in [2.24, 2.45) is 0 Å². The third-order valence-electron chi connectivity index (χ3n) is 1.77. The summed E-state index contributed by atoms with van der Waals surface area (Å²) in [5.74, 6) is -0.460. The molecule has 0 amide bonds. The Balaban J connectivity index is 2.68. The number of halogens is 2. The predicted octanol–water partition coefficient (Wildman–Crippen LogP) is 3.35. The number of hydrogen-bond donors (Lipinski definition) is 0. The highest BCUT2D eigenvalue weighted by molar-refractivity contribution is 6.34. The minimum Gasteiger partial charge on any atom is -0.462 e. The van der Waals surface area contributed by atoms with Gasteiger partial charge in [0.25, 0.3) is 0 Å². The van der Waals surface area contributed by atoms with Crippen LogP contribution in [-0.4, -0.2) is 17.6 Å². The molecule has 1 heterocycles. The number of carbonyl (C=O) groups excluding carboxylic acids is 1. The lowest BCUT2D eigenvalue weighted by Gasteiger charge is -2.05. The van der Waals surface area contributed by atoms with Crippen molar-refractivity contribution in [3.63, 3.8) is 0 Å². The van der Waals surface area contributed by atoms with E-state index in [0.717, 1.165) is 12.8 Å². The van der Waals surface area contributed by atoms with Gasteiger partial charge in [-0.3, -0.25) is 0 Å². The number of carbonyl (C=O) groups is 1. The van der Waals surface area contributed by atoms with Crippen LogP contribution in [0.3, 0.4) is 0 Å². The number of nitrogens with zero attached hydrogens (tertiary/aromatic N) is 1. The van der Waals surface area contributed by atoms with E-state index in [2.05, 4.69) is 4.98 Å². The van der Waals surface area contributed by atoms with Gasteiger partial charge in [-0.15, -0.1) is 0 Å². The van der Waals surface area contributed by atoms with Crippen molar-refractivity contribution in [3.8, 4) is 0 Å². The van der Waals surface area contributed by atoms with Crippen molar-refractivity contribution in [3.05, 3.63) is 28.0 Å². The third-order valence-corrected chi connectivity index (χ3v) is 2.28. The molecule has 0 spiro atoms. The van der Waals surface area contributed by atoms with Gasteiger partial charge in [-0.2, -0.15) is 0 Å². The van der Waals surface area contributed by atoms with Crippen LogP contribution in [-0.2, 0) is 4.74 Å². The van der Waals surface area contributed by atoms with Crippen LogP contribution < -0.4 is 0 Å². The van der Waals surface area contributed by atoms with E-state index >= 15 is 0 Å². The Bertz CT molecular complexity index is 355. The smallest absolute Gasteiger partial charge is 0.339 e. The average Bonchev–Trinajstić information content (AvgIpc) is 2.22. The normalized spacial score (nSPS) is 10.1. The Labute approximate surface area is 98.4 Å². The Morgan fingerprint density at radius 2 is 2.27 bits per heavy atom. The maximum Gasteiger partial charge on any atom is 0.339 e. The van der Waals surface area contributed by atoms with Gasteiger partial charge in [0.15, 0.2) is 0 Å². The Kier molecular flexibility index (Phi) is 4.85. The summed E-state index contributed by atoms with van der Waals surface area (Å²) in [5, 5.41) is 0.475. The summed E-state index contributed by atoms with van der Waals surface area (Å²) in [7, 11) is 0. The fourth-order valence-electron chi connectivity index (χ4n) is 0.957. The van der Waals surface area contributed by atoms with Crippen molar-refractivity contribution in [1.29, 1.82) is 0 Å². The molecule has 0 N–H and O–H groups in total. The van der Waals surface area contributed by atoms with Gasteiger partial charge in [-0.25, -0.2) is 9.78 Å². The van der Waals surface area contributed by atoms with Gasteiger partial charge in [-0.1, -0.05) is 36.5 Å². The number of ether oxygens (including phenoxy) is 1. The van der Waals surface area contributed by atoms with E-state index in [0.29, 0.717) is 6.61 Å². The van der Waals surface area contributed by atoms with Crippen molar-refractivity contribution in [2.45, 2.75) is 19.8 Å². The van der Waals surface area contributed by atoms with E-state index in [1.165, 1.54) is 12.3 Å². The molecule has 0 radical (unpaired) electrons. The molecule has 0 fully saturated rings. The maximum atomic E-state index is 11.5. The highest BCUT2D eigenvalue weighted by atomic mass is 35.5. The van der Waals surface area contributed by atoms with Crippen LogP contribution in [0.2, 0.25) is 10.2 Å². The van der Waals surface area contributed by atoms with Gasteiger partial charge in [0, 0.05) is 6.20 Å². The summed E-state index contributed by atoms with van der Waals surface area (Å²) >= 11 is 11.4. The van der Waals surface area contributed by atoms with Crippen molar-refractivity contribution in [1.82, 2.24) is 4.98 Å². The Morgan fingerprint density at radius 1 is 1.53 bits per heavy atom. The van der Waals surface area contributed by atoms with Gasteiger partial charge < -0.3 is 4.74 Å². The Hall–Kier alpha value is -0.800. The van der Waals surface area contributed by atoms with E-state index in [4.69, 9.17) is 27.9 Å². The molecule has 0 unspecified atom stereocenters. The molecule has 0 saturated carbocycles. The first kappa shape index (κ1) is 12.3. The summed E-state index contributed by atoms with van der Waals surface area (Å²) in [4.78, 5) is 15.2. The summed E-state index contributed by atoms with van der Waals surface area (Å²) in [6.45, 7) is 2.41. The van der Waals surface area contributed by atoms with Crippen LogP contribution in [0.25, 0.3) is 0 Å². The van der Waals surface area contributed by atoms with Gasteiger partial charge in [-0.05, 0) is 12.5 Å². The van der Waals surface area contributed by atoms with Gasteiger partial charge in [0.1, 0.15) is 5.15 Å². The lowest BCUT2D eigenvalue weighted by atomic mass is 10.3. The maximum absolute atomic E-state index is 11.5. The molecule has 0 aliphatic carbocycles. The molecule has 5 heteroatoms. The van der Waals surface area contributed by atoms with Gasteiger partial charge in [0.05, 0.1) is 17.2 Å². The fourth-order valence-corrected chi connectivity index (χ4v) is 1.29. The highest BCUT2D eigenvalue weighted by Gasteiger charge is 2.12. The van der Waals surface area contributed by atoms with Crippen LogP contribution in [0.1, 0.15) is 30.1 Å². The summed E-state index contributed by atoms with van der Waals surface area (Å²) in [5.41, 5.74) is 0.257. The zero-order valence-corrected chi connectivity index (χ0v) is 9.81. The van der Waals surface area contributed by atoms with E-state index in [1.54, 1.807) is 0 Å². The number of aromatic nitrogens is 1. The second-order valence-corrected chi connectivity index (χ2v) is 3.77. The van der Waals surface area contributed by atoms with E-state index in [-0.39, 0.29) is 15.7 Å². The first-order valence-electron chi connectivity index (χ1n) is 4.63. The van der Waals surface area contributed by atoms with E-state index in [9.17, 15) is 4.79 Å². The first-order valence-corrected chi connectivity index (χ1v) is 5.39. The van der Waals surface area contributed by atoms with E-state index in [1.807, 2.05) is 6.92 Å². The Morgan fingerprint density at radius 3 is 2.93 bits per heavy atom. The number of esters is 1. The molecule has 82 valence electrons. The minimum absolute atomic E-state index is 0.224. The summed E-state index contributed by atoms with van der Waals surface area (Å²) < 4.78 is 4.99. The molecule has 15 heavy (non-hydrogen) atoms. The number of unbranched alkanes of at least 4 members (excludes halogenated alkanes) is 1. The lowest BCUT2D eigenvalue weighted by molar-refractivity contribution is 0.0500. The third kappa shape index (κ3) is 3.68. The van der Waals surface area contributed by atoms with Crippen LogP contribution in [0.5, 0.6) is 0 Å². The van der Waals surface area contributed by atoms with Crippen molar-refractivity contribution in [2.75, 3.05) is 6.61 Å². The standard InChI is InChI=1S/C10H11Cl2NO2/c1-2-3-4-15-10(14)7-5-9(12)13-6-8(7)11/h5-6H,2-4H2,1H3. The van der Waals surface area contributed by atoms with Crippen LogP contribution >= 0.6 is 23.2 Å². The average molecular weight is 248 g/mol. The molecular weight excluding hydrogens is 237 g/mol. The van der Waals surface area contributed by atoms with Crippen molar-refractivity contribution >= 4 is 29.2 Å². The molecule has 0 aliphatic heterocycles. The SMILES string of the molecule is CCCCOC(=O)c1cc(Cl)ncc1Cl. The van der Waals surface area contributed by atoms with Crippen molar-refractivity contribution < 1.29 is 9.53 Å².